The lowest BCUT2D eigenvalue weighted by Crippen LogP contribution is -2.44. The molecule has 14 nitrogen and oxygen atoms in total. The van der Waals surface area contributed by atoms with Crippen LogP contribution in [0.4, 0.5) is 11.4 Å². The summed E-state index contributed by atoms with van der Waals surface area (Å²) < 4.78 is 3.07. The van der Waals surface area contributed by atoms with Crippen molar-refractivity contribution < 1.29 is 9.59 Å². The van der Waals surface area contributed by atoms with Crippen molar-refractivity contribution in [2.45, 2.75) is 156 Å². The van der Waals surface area contributed by atoms with Gasteiger partial charge in [-0.3, -0.25) is 38.7 Å². The Labute approximate surface area is 407 Å². The Morgan fingerprint density at radius 2 is 1.16 bits per heavy atom. The molecule has 4 N–H and O–H groups in total. The normalized spacial score (nSPS) is 18.8. The molecule has 6 rings (SSSR count). The Morgan fingerprint density at radius 1 is 0.701 bits per heavy atom. The molecule has 16 heteroatoms. The van der Waals surface area contributed by atoms with Gasteiger partial charge in [0.25, 0.3) is 22.9 Å². The zero-order valence-corrected chi connectivity index (χ0v) is 43.4. The van der Waals surface area contributed by atoms with Gasteiger partial charge >= 0.3 is 0 Å². The molecule has 0 bridgehead atoms. The van der Waals surface area contributed by atoms with Crippen molar-refractivity contribution in [3.8, 4) is 0 Å². The average molecular weight is 964 g/mol. The highest BCUT2D eigenvalue weighted by atomic mass is 35.5. The SMILES string of the molecule is CCN(c1cc(Cl)cc(C(=O)NCc2c(C(C)C)[nH]n(C)c2=O)c1C)C1CCC(N(C)CCc2[nH]n(CC)c(=O)c2CNC(=O)c2cc(Cl)cc(N(CC)C3CCC(N(C)C)CC3)c2C)CC1. The fourth-order valence-corrected chi connectivity index (χ4v) is 11.2. The molecule has 0 saturated heterocycles. The molecule has 2 fully saturated rings. The fourth-order valence-electron chi connectivity index (χ4n) is 10.8. The maximum absolute atomic E-state index is 13.9. The first kappa shape index (κ1) is 51.9. The number of hydrogen-bond donors (Lipinski definition) is 4. The third-order valence-electron chi connectivity index (χ3n) is 14.8. The van der Waals surface area contributed by atoms with E-state index in [9.17, 15) is 19.2 Å². The van der Waals surface area contributed by atoms with Gasteiger partial charge in [-0.05, 0) is 148 Å². The minimum absolute atomic E-state index is 0.104. The van der Waals surface area contributed by atoms with Gasteiger partial charge in [0.2, 0.25) is 0 Å². The van der Waals surface area contributed by atoms with Crippen LogP contribution in [-0.4, -0.2) is 106 Å². The first-order valence-corrected chi connectivity index (χ1v) is 25.3. The van der Waals surface area contributed by atoms with E-state index in [4.69, 9.17) is 23.2 Å². The van der Waals surface area contributed by atoms with Crippen molar-refractivity contribution >= 4 is 46.4 Å². The van der Waals surface area contributed by atoms with Gasteiger partial charge in [-0.25, -0.2) is 0 Å². The molecule has 2 aliphatic rings. The lowest BCUT2D eigenvalue weighted by Gasteiger charge is -2.41. The Kier molecular flexibility index (Phi) is 17.6. The molecular formula is C51H76Cl2N10O4. The van der Waals surface area contributed by atoms with Crippen LogP contribution in [0.15, 0.2) is 33.9 Å². The summed E-state index contributed by atoms with van der Waals surface area (Å²) in [6.07, 6.45) is 9.05. The molecule has 4 aromatic rings. The molecule has 0 unspecified atom stereocenters. The van der Waals surface area contributed by atoms with Crippen molar-refractivity contribution in [2.75, 3.05) is 50.6 Å². The van der Waals surface area contributed by atoms with Crippen LogP contribution in [0.25, 0.3) is 0 Å². The van der Waals surface area contributed by atoms with E-state index < -0.39 is 0 Å². The second-order valence-electron chi connectivity index (χ2n) is 19.4. The number of hydrogen-bond acceptors (Lipinski definition) is 8. The molecular weight excluding hydrogens is 888 g/mol. The van der Waals surface area contributed by atoms with Crippen LogP contribution < -0.4 is 31.6 Å². The minimum atomic E-state index is -0.265. The maximum atomic E-state index is 13.9. The van der Waals surface area contributed by atoms with Crippen LogP contribution in [0.3, 0.4) is 0 Å². The lowest BCUT2D eigenvalue weighted by atomic mass is 9.88. The number of H-pyrrole nitrogens is 2. The minimum Gasteiger partial charge on any atom is -0.369 e. The molecule has 0 radical (unpaired) electrons. The van der Waals surface area contributed by atoms with Crippen LogP contribution in [-0.2, 0) is 33.1 Å². The van der Waals surface area contributed by atoms with Gasteiger partial charge in [-0.2, -0.15) is 0 Å². The number of aryl methyl sites for hydroxylation is 2. The zero-order chi connectivity index (χ0) is 48.9. The summed E-state index contributed by atoms with van der Waals surface area (Å²) >= 11 is 13.4. The predicted molar refractivity (Wildman–Crippen MR) is 274 cm³/mol. The highest BCUT2D eigenvalue weighted by Crippen LogP contribution is 2.36. The quantitative estimate of drug-likeness (QED) is 0.0737. The topological polar surface area (TPSA) is 147 Å². The molecule has 2 saturated carbocycles. The monoisotopic (exact) mass is 963 g/mol. The van der Waals surface area contributed by atoms with Gasteiger partial charge in [0.05, 0.1) is 24.2 Å². The van der Waals surface area contributed by atoms with Crippen molar-refractivity contribution in [2.24, 2.45) is 7.05 Å². The van der Waals surface area contributed by atoms with Crippen LogP contribution in [0.2, 0.25) is 10.0 Å². The van der Waals surface area contributed by atoms with Crippen molar-refractivity contribution in [3.05, 3.63) is 99.8 Å². The van der Waals surface area contributed by atoms with Crippen molar-refractivity contribution in [1.29, 1.82) is 0 Å². The van der Waals surface area contributed by atoms with E-state index >= 15 is 0 Å². The fraction of sp³-hybridized carbons (Fsp3) is 0.608. The number of anilines is 2. The third-order valence-corrected chi connectivity index (χ3v) is 15.3. The number of benzene rings is 2. The van der Waals surface area contributed by atoms with Gasteiger partial charge in [0.1, 0.15) is 0 Å². The summed E-state index contributed by atoms with van der Waals surface area (Å²) in [5.74, 6) is -0.405. The number of carbonyl (C=O) groups excluding carboxylic acids is 2. The molecule has 368 valence electrons. The van der Waals surface area contributed by atoms with E-state index in [1.807, 2.05) is 46.8 Å². The zero-order valence-electron chi connectivity index (χ0n) is 41.9. The van der Waals surface area contributed by atoms with Gasteiger partial charge in [-0.15, -0.1) is 0 Å². The molecule has 2 amide bonds. The second-order valence-corrected chi connectivity index (χ2v) is 20.3. The standard InChI is InChI=1S/C51H76Cl2N10O4/c1-12-61(38-19-15-36(16-20-38)58(8)9)45-27-34(52)25-40(32(45)6)48(64)54-29-42-44(56-63(14-3)51(42)67)23-24-59(10)37-17-21-39(22-18-37)62(13-2)46-28-35(53)26-41(33(46)7)49(65)55-30-43-47(31(4)5)57-60(11)50(43)66/h25-28,31,36-39,56-57H,12-24,29-30H2,1-11H3,(H,54,64)(H,55,65). The Bertz CT molecular complexity index is 2470. The molecule has 67 heavy (non-hydrogen) atoms. The lowest BCUT2D eigenvalue weighted by molar-refractivity contribution is 0.0942. The molecule has 2 aromatic heterocycles. The number of amides is 2. The van der Waals surface area contributed by atoms with Crippen LogP contribution in [0.1, 0.15) is 146 Å². The second kappa shape index (κ2) is 22.7. The first-order chi connectivity index (χ1) is 31.9. The van der Waals surface area contributed by atoms with Crippen LogP contribution >= 0.6 is 23.2 Å². The molecule has 0 atom stereocenters. The summed E-state index contributed by atoms with van der Waals surface area (Å²) in [5, 5.41) is 13.6. The number of likely N-dealkylation sites (N-methyl/N-ethyl adjacent to an activating group) is 1. The smallest absolute Gasteiger partial charge is 0.271 e. The van der Waals surface area contributed by atoms with Crippen LogP contribution in [0.5, 0.6) is 0 Å². The molecule has 2 aliphatic carbocycles. The highest BCUT2D eigenvalue weighted by Gasteiger charge is 2.31. The number of aromatic amines is 2. The summed E-state index contributed by atoms with van der Waals surface area (Å²) in [5.41, 5.74) is 7.27. The largest absolute Gasteiger partial charge is 0.369 e. The molecule has 0 spiro atoms. The molecule has 0 aliphatic heterocycles. The summed E-state index contributed by atoms with van der Waals surface area (Å²) in [4.78, 5) is 63.6. The van der Waals surface area contributed by atoms with E-state index in [1.54, 1.807) is 23.9 Å². The van der Waals surface area contributed by atoms with Gasteiger partial charge in [-0.1, -0.05) is 37.0 Å². The maximum Gasteiger partial charge on any atom is 0.271 e. The Hall–Kier alpha value is -4.50. The van der Waals surface area contributed by atoms with Crippen molar-refractivity contribution in [1.82, 2.24) is 40.0 Å². The number of halogens is 2. The van der Waals surface area contributed by atoms with E-state index in [1.165, 1.54) is 4.68 Å². The number of carbonyl (C=O) groups is 2. The number of nitrogens with zero attached hydrogens (tertiary/aromatic N) is 6. The molecule has 2 heterocycles. The van der Waals surface area contributed by atoms with Gasteiger partial charge < -0.3 is 30.2 Å². The predicted octanol–water partition coefficient (Wildman–Crippen LogP) is 8.14. The molecule has 2 aromatic carbocycles. The average Bonchev–Trinajstić information content (AvgIpc) is 3.78. The number of nitrogens with one attached hydrogen (secondary N) is 4. The third kappa shape index (κ3) is 11.7. The van der Waals surface area contributed by atoms with Gasteiger partial charge in [0.15, 0.2) is 0 Å². The van der Waals surface area contributed by atoms with Crippen molar-refractivity contribution in [3.63, 3.8) is 0 Å². The summed E-state index contributed by atoms with van der Waals surface area (Å²) in [7, 11) is 8.15. The van der Waals surface area contributed by atoms with E-state index in [-0.39, 0.29) is 48.0 Å². The number of aromatic nitrogens is 4. The summed E-state index contributed by atoms with van der Waals surface area (Å²) in [6, 6.07) is 9.02. The van der Waals surface area contributed by atoms with Crippen LogP contribution in [0, 0.1) is 13.8 Å². The summed E-state index contributed by atoms with van der Waals surface area (Å²) in [6.45, 7) is 17.3. The van der Waals surface area contributed by atoms with Gasteiger partial charge in [0, 0.05) is 108 Å². The van der Waals surface area contributed by atoms with E-state index in [2.05, 4.69) is 75.4 Å². The highest BCUT2D eigenvalue weighted by molar-refractivity contribution is 6.31. The Balaban J connectivity index is 1.07. The first-order valence-electron chi connectivity index (χ1n) is 24.5. The number of rotatable bonds is 19. The Morgan fingerprint density at radius 3 is 1.61 bits per heavy atom. The van der Waals surface area contributed by atoms with E-state index in [0.717, 1.165) is 105 Å². The van der Waals surface area contributed by atoms with E-state index in [0.29, 0.717) is 63.4 Å².